The number of halogens is 1. The first-order chi connectivity index (χ1) is 8.31. The van der Waals surface area contributed by atoms with Gasteiger partial charge in [-0.3, -0.25) is 4.79 Å². The van der Waals surface area contributed by atoms with Crippen molar-refractivity contribution in [3.05, 3.63) is 41.5 Å². The standard InChI is InChI=1S/C15H17BrO/c16-15(10-11-17)14-8-6-13(7-9-14)12-4-2-1-3-5-12/h6-12H,1-5H2. The van der Waals surface area contributed by atoms with Crippen molar-refractivity contribution in [2.45, 2.75) is 38.0 Å². The molecule has 2 rings (SSSR count). The molecule has 1 aliphatic carbocycles. The molecule has 1 saturated carbocycles. The minimum atomic E-state index is 0.742. The van der Waals surface area contributed by atoms with Gasteiger partial charge in [0.25, 0.3) is 0 Å². The van der Waals surface area contributed by atoms with Gasteiger partial charge in [0.15, 0.2) is 0 Å². The second-order valence-corrected chi connectivity index (χ2v) is 5.46. The molecular formula is C15H17BrO. The number of hydrogen-bond acceptors (Lipinski definition) is 1. The van der Waals surface area contributed by atoms with E-state index in [-0.39, 0.29) is 0 Å². The largest absolute Gasteiger partial charge is 0.299 e. The quantitative estimate of drug-likeness (QED) is 0.584. The van der Waals surface area contributed by atoms with E-state index in [0.717, 1.165) is 22.2 Å². The molecule has 0 atom stereocenters. The van der Waals surface area contributed by atoms with Gasteiger partial charge in [0.2, 0.25) is 0 Å². The molecule has 0 heterocycles. The molecule has 0 amide bonds. The first-order valence-corrected chi connectivity index (χ1v) is 7.02. The summed E-state index contributed by atoms with van der Waals surface area (Å²) in [4.78, 5) is 10.4. The van der Waals surface area contributed by atoms with Crippen molar-refractivity contribution < 1.29 is 4.79 Å². The van der Waals surface area contributed by atoms with Crippen LogP contribution in [0.3, 0.4) is 0 Å². The normalized spacial score (nSPS) is 18.1. The molecule has 2 heteroatoms. The molecule has 1 fully saturated rings. The van der Waals surface area contributed by atoms with Crippen molar-refractivity contribution in [2.75, 3.05) is 0 Å². The highest BCUT2D eigenvalue weighted by Crippen LogP contribution is 2.33. The van der Waals surface area contributed by atoms with Gasteiger partial charge in [-0.25, -0.2) is 0 Å². The lowest BCUT2D eigenvalue weighted by Crippen LogP contribution is -2.04. The van der Waals surface area contributed by atoms with Crippen molar-refractivity contribution in [3.8, 4) is 0 Å². The van der Waals surface area contributed by atoms with E-state index >= 15 is 0 Å². The van der Waals surface area contributed by atoms with E-state index in [2.05, 4.69) is 40.2 Å². The first-order valence-electron chi connectivity index (χ1n) is 6.22. The summed E-state index contributed by atoms with van der Waals surface area (Å²) in [5.74, 6) is 0.742. The fraction of sp³-hybridized carbons (Fsp3) is 0.400. The van der Waals surface area contributed by atoms with Crippen LogP contribution in [-0.4, -0.2) is 6.29 Å². The molecule has 0 spiro atoms. The molecule has 0 aromatic heterocycles. The Hall–Kier alpha value is -0.890. The first kappa shape index (κ1) is 12.6. The van der Waals surface area contributed by atoms with Crippen molar-refractivity contribution >= 4 is 26.7 Å². The van der Waals surface area contributed by atoms with Crippen LogP contribution in [0, 0.1) is 0 Å². The maximum atomic E-state index is 10.4. The van der Waals surface area contributed by atoms with Gasteiger partial charge in [-0.2, -0.15) is 0 Å². The third kappa shape index (κ3) is 3.29. The Morgan fingerprint density at radius 1 is 1.12 bits per heavy atom. The zero-order chi connectivity index (χ0) is 12.1. The van der Waals surface area contributed by atoms with Crippen LogP contribution in [-0.2, 0) is 4.79 Å². The summed E-state index contributed by atoms with van der Waals surface area (Å²) in [6, 6.07) is 8.58. The average Bonchev–Trinajstić information content (AvgIpc) is 2.40. The maximum absolute atomic E-state index is 10.4. The Bertz CT molecular complexity index is 399. The van der Waals surface area contributed by atoms with E-state index in [1.165, 1.54) is 43.7 Å². The number of rotatable bonds is 3. The number of allylic oxidation sites excluding steroid dienone is 1. The molecule has 1 aromatic rings. The summed E-state index contributed by atoms with van der Waals surface area (Å²) in [5.41, 5.74) is 2.51. The van der Waals surface area contributed by atoms with Gasteiger partial charge in [-0.15, -0.1) is 0 Å². The summed E-state index contributed by atoms with van der Waals surface area (Å²) in [7, 11) is 0. The minimum Gasteiger partial charge on any atom is -0.299 e. The molecule has 0 aliphatic heterocycles. The topological polar surface area (TPSA) is 17.1 Å². The Labute approximate surface area is 111 Å². The van der Waals surface area contributed by atoms with Crippen molar-refractivity contribution in [3.63, 3.8) is 0 Å². The van der Waals surface area contributed by atoms with Crippen LogP contribution in [0.5, 0.6) is 0 Å². The molecule has 1 aromatic carbocycles. The van der Waals surface area contributed by atoms with Crippen LogP contribution >= 0.6 is 15.9 Å². The smallest absolute Gasteiger partial charge is 0.143 e. The van der Waals surface area contributed by atoms with Crippen molar-refractivity contribution in [1.82, 2.24) is 0 Å². The summed E-state index contributed by atoms with van der Waals surface area (Å²) >= 11 is 3.40. The van der Waals surface area contributed by atoms with Crippen LogP contribution in [0.4, 0.5) is 0 Å². The predicted octanol–water partition coefficient (Wildman–Crippen LogP) is 4.67. The van der Waals surface area contributed by atoms with E-state index < -0.39 is 0 Å². The third-order valence-corrected chi connectivity index (χ3v) is 4.20. The van der Waals surface area contributed by atoms with E-state index in [1.807, 2.05) is 0 Å². The van der Waals surface area contributed by atoms with E-state index in [0.29, 0.717) is 0 Å². The van der Waals surface area contributed by atoms with Crippen LogP contribution < -0.4 is 0 Å². The van der Waals surface area contributed by atoms with Gasteiger partial charge in [-0.1, -0.05) is 59.5 Å². The molecule has 90 valence electrons. The Balaban J connectivity index is 2.12. The van der Waals surface area contributed by atoms with Crippen LogP contribution in [0.25, 0.3) is 4.48 Å². The maximum Gasteiger partial charge on any atom is 0.143 e. The fourth-order valence-electron chi connectivity index (χ4n) is 2.51. The van der Waals surface area contributed by atoms with E-state index in [9.17, 15) is 4.79 Å². The van der Waals surface area contributed by atoms with Gasteiger partial charge >= 0.3 is 0 Å². The second-order valence-electron chi connectivity index (χ2n) is 4.61. The molecule has 0 N–H and O–H groups in total. The van der Waals surface area contributed by atoms with Gasteiger partial charge in [0.1, 0.15) is 6.29 Å². The highest BCUT2D eigenvalue weighted by atomic mass is 79.9. The molecule has 1 aliphatic rings. The highest BCUT2D eigenvalue weighted by molar-refractivity contribution is 9.15. The zero-order valence-electron chi connectivity index (χ0n) is 9.86. The van der Waals surface area contributed by atoms with Crippen molar-refractivity contribution in [1.29, 1.82) is 0 Å². The molecule has 0 unspecified atom stereocenters. The summed E-state index contributed by atoms with van der Waals surface area (Å²) in [5, 5.41) is 0. The monoisotopic (exact) mass is 292 g/mol. The summed E-state index contributed by atoms with van der Waals surface area (Å²) in [6.07, 6.45) is 9.11. The number of benzene rings is 1. The average molecular weight is 293 g/mol. The van der Waals surface area contributed by atoms with Crippen molar-refractivity contribution in [2.24, 2.45) is 0 Å². The number of aldehydes is 1. The molecule has 17 heavy (non-hydrogen) atoms. The number of carbonyl (C=O) groups is 1. The predicted molar refractivity (Wildman–Crippen MR) is 75.2 cm³/mol. The summed E-state index contributed by atoms with van der Waals surface area (Å²) in [6.45, 7) is 0. The number of carbonyl (C=O) groups excluding carboxylic acids is 1. The van der Waals surface area contributed by atoms with Crippen LogP contribution in [0.1, 0.15) is 49.1 Å². The van der Waals surface area contributed by atoms with Gasteiger partial charge in [0, 0.05) is 4.48 Å². The molecule has 0 radical (unpaired) electrons. The summed E-state index contributed by atoms with van der Waals surface area (Å²) < 4.78 is 0.850. The SMILES string of the molecule is O=CC=C(Br)c1ccc(C2CCCCC2)cc1. The highest BCUT2D eigenvalue weighted by Gasteiger charge is 2.15. The molecule has 1 nitrogen and oxygen atoms in total. The van der Waals surface area contributed by atoms with Gasteiger partial charge in [-0.05, 0) is 36.0 Å². The van der Waals surface area contributed by atoms with E-state index in [4.69, 9.17) is 0 Å². The minimum absolute atomic E-state index is 0.742. The van der Waals surface area contributed by atoms with Crippen LogP contribution in [0.15, 0.2) is 30.3 Å². The fourth-order valence-corrected chi connectivity index (χ4v) is 2.88. The van der Waals surface area contributed by atoms with E-state index in [1.54, 1.807) is 0 Å². The number of hydrogen-bond donors (Lipinski definition) is 0. The lowest BCUT2D eigenvalue weighted by atomic mass is 9.84. The van der Waals surface area contributed by atoms with Gasteiger partial charge < -0.3 is 0 Å². The molecule has 0 bridgehead atoms. The molecule has 0 saturated heterocycles. The van der Waals surface area contributed by atoms with Crippen LogP contribution in [0.2, 0.25) is 0 Å². The Morgan fingerprint density at radius 2 is 1.76 bits per heavy atom. The zero-order valence-corrected chi connectivity index (χ0v) is 11.4. The molecular weight excluding hydrogens is 276 g/mol. The Kier molecular flexibility index (Phi) is 4.55. The lowest BCUT2D eigenvalue weighted by Gasteiger charge is -2.22. The third-order valence-electron chi connectivity index (χ3n) is 3.48. The Morgan fingerprint density at radius 3 is 2.35 bits per heavy atom. The van der Waals surface area contributed by atoms with Gasteiger partial charge in [0.05, 0.1) is 0 Å². The lowest BCUT2D eigenvalue weighted by molar-refractivity contribution is -0.104. The second kappa shape index (κ2) is 6.15.